The van der Waals surface area contributed by atoms with Crippen molar-refractivity contribution < 1.29 is 9.13 Å². The zero-order valence-corrected chi connectivity index (χ0v) is 11.7. The van der Waals surface area contributed by atoms with Gasteiger partial charge in [0.25, 0.3) is 0 Å². The van der Waals surface area contributed by atoms with Crippen LogP contribution in [0.3, 0.4) is 0 Å². The Balaban J connectivity index is 2.40. The van der Waals surface area contributed by atoms with Gasteiger partial charge in [-0.05, 0) is 48.9 Å². The minimum atomic E-state index is -0.310. The summed E-state index contributed by atoms with van der Waals surface area (Å²) >= 11 is 10.9. The molecule has 0 aliphatic heterocycles. The number of aryl methyl sites for hydroxylation is 1. The molecule has 0 heterocycles. The van der Waals surface area contributed by atoms with Crippen molar-refractivity contribution >= 4 is 28.8 Å². The number of hydrogen-bond acceptors (Lipinski definition) is 2. The van der Waals surface area contributed by atoms with Crippen LogP contribution in [0.4, 0.5) is 4.39 Å². The first-order chi connectivity index (χ1) is 8.97. The smallest absolute Gasteiger partial charge is 0.137 e. The molecule has 0 unspecified atom stereocenters. The molecule has 0 aliphatic carbocycles. The molecule has 0 saturated heterocycles. The highest BCUT2D eigenvalue weighted by Gasteiger charge is 2.10. The third kappa shape index (κ3) is 3.22. The lowest BCUT2D eigenvalue weighted by Crippen LogP contribution is -2.10. The number of nitrogens with two attached hydrogens (primary N) is 1. The van der Waals surface area contributed by atoms with E-state index >= 15 is 0 Å². The van der Waals surface area contributed by atoms with Crippen LogP contribution in [0.5, 0.6) is 11.5 Å². The Morgan fingerprint density at radius 3 is 2.53 bits per heavy atom. The second-order valence-electron chi connectivity index (χ2n) is 4.02. The molecule has 0 aliphatic rings. The van der Waals surface area contributed by atoms with Crippen molar-refractivity contribution in [3.8, 4) is 11.5 Å². The number of thiocarbonyl (C=S) groups is 1. The third-order valence-corrected chi connectivity index (χ3v) is 3.02. The topological polar surface area (TPSA) is 35.2 Å². The van der Waals surface area contributed by atoms with Crippen molar-refractivity contribution in [2.75, 3.05) is 0 Å². The number of halogens is 2. The minimum Gasteiger partial charge on any atom is -0.456 e. The summed E-state index contributed by atoms with van der Waals surface area (Å²) in [5.41, 5.74) is 6.86. The molecule has 2 N–H and O–H groups in total. The fourth-order valence-electron chi connectivity index (χ4n) is 1.63. The van der Waals surface area contributed by atoms with E-state index in [0.29, 0.717) is 27.6 Å². The first kappa shape index (κ1) is 13.8. The molecule has 19 heavy (non-hydrogen) atoms. The lowest BCUT2D eigenvalue weighted by atomic mass is 10.2. The van der Waals surface area contributed by atoms with Gasteiger partial charge in [-0.2, -0.15) is 0 Å². The van der Waals surface area contributed by atoms with E-state index in [0.717, 1.165) is 0 Å². The van der Waals surface area contributed by atoms with Gasteiger partial charge < -0.3 is 10.5 Å². The van der Waals surface area contributed by atoms with Crippen LogP contribution in [0.1, 0.15) is 11.1 Å². The van der Waals surface area contributed by atoms with E-state index < -0.39 is 0 Å². The fourth-order valence-corrected chi connectivity index (χ4v) is 1.96. The molecular formula is C14H11ClFNOS. The van der Waals surface area contributed by atoms with E-state index in [1.165, 1.54) is 12.1 Å². The predicted octanol–water partition coefficient (Wildman–Crippen LogP) is 4.21. The molecule has 98 valence electrons. The SMILES string of the molecule is Cc1cc(F)ccc1Oc1ccc(Cl)cc1C(N)=S. The van der Waals surface area contributed by atoms with E-state index in [9.17, 15) is 4.39 Å². The van der Waals surface area contributed by atoms with Crippen molar-refractivity contribution in [2.24, 2.45) is 5.73 Å². The number of benzene rings is 2. The van der Waals surface area contributed by atoms with E-state index in [1.807, 2.05) is 0 Å². The molecule has 0 spiro atoms. The molecule has 2 nitrogen and oxygen atoms in total. The van der Waals surface area contributed by atoms with Crippen molar-refractivity contribution in [3.63, 3.8) is 0 Å². The molecule has 2 aromatic carbocycles. The van der Waals surface area contributed by atoms with Crippen LogP contribution in [0, 0.1) is 12.7 Å². The van der Waals surface area contributed by atoms with Crippen LogP contribution in [-0.4, -0.2) is 4.99 Å². The lowest BCUT2D eigenvalue weighted by Gasteiger charge is -2.12. The monoisotopic (exact) mass is 295 g/mol. The average Bonchev–Trinajstić information content (AvgIpc) is 2.34. The first-order valence-corrected chi connectivity index (χ1v) is 6.29. The molecule has 0 aromatic heterocycles. The van der Waals surface area contributed by atoms with Crippen LogP contribution in [0.15, 0.2) is 36.4 Å². The summed E-state index contributed by atoms with van der Waals surface area (Å²) < 4.78 is 18.8. The minimum absolute atomic E-state index is 0.192. The third-order valence-electron chi connectivity index (χ3n) is 2.56. The van der Waals surface area contributed by atoms with Crippen molar-refractivity contribution in [3.05, 3.63) is 58.4 Å². The van der Waals surface area contributed by atoms with Gasteiger partial charge in [-0.1, -0.05) is 23.8 Å². The maximum Gasteiger partial charge on any atom is 0.137 e. The van der Waals surface area contributed by atoms with Gasteiger partial charge in [0.15, 0.2) is 0 Å². The Morgan fingerprint density at radius 2 is 1.89 bits per heavy atom. The van der Waals surface area contributed by atoms with Crippen molar-refractivity contribution in [1.29, 1.82) is 0 Å². The van der Waals surface area contributed by atoms with E-state index in [-0.39, 0.29) is 10.8 Å². The summed E-state index contributed by atoms with van der Waals surface area (Å²) in [5.74, 6) is 0.725. The van der Waals surface area contributed by atoms with Crippen LogP contribution in [0.25, 0.3) is 0 Å². The molecule has 0 atom stereocenters. The van der Waals surface area contributed by atoms with Gasteiger partial charge in [0.1, 0.15) is 22.3 Å². The maximum absolute atomic E-state index is 13.0. The molecular weight excluding hydrogens is 285 g/mol. The summed E-state index contributed by atoms with van der Waals surface area (Å²) in [7, 11) is 0. The first-order valence-electron chi connectivity index (χ1n) is 5.51. The molecule has 0 amide bonds. The second-order valence-corrected chi connectivity index (χ2v) is 4.89. The second kappa shape index (κ2) is 5.55. The average molecular weight is 296 g/mol. The van der Waals surface area contributed by atoms with Crippen molar-refractivity contribution in [1.82, 2.24) is 0 Å². The highest BCUT2D eigenvalue weighted by molar-refractivity contribution is 7.80. The zero-order valence-electron chi connectivity index (χ0n) is 10.1. The lowest BCUT2D eigenvalue weighted by molar-refractivity contribution is 0.475. The van der Waals surface area contributed by atoms with Crippen LogP contribution < -0.4 is 10.5 Å². The standard InChI is InChI=1S/C14H11ClFNOS/c1-8-6-10(16)3-5-12(8)18-13-4-2-9(15)7-11(13)14(17)19/h2-7H,1H3,(H2,17,19). The Morgan fingerprint density at radius 1 is 1.21 bits per heavy atom. The number of hydrogen-bond donors (Lipinski definition) is 1. The largest absolute Gasteiger partial charge is 0.456 e. The summed E-state index contributed by atoms with van der Waals surface area (Å²) in [5, 5.41) is 0.519. The van der Waals surface area contributed by atoms with Gasteiger partial charge in [-0.25, -0.2) is 4.39 Å². The quantitative estimate of drug-likeness (QED) is 0.861. The molecule has 2 rings (SSSR count). The van der Waals surface area contributed by atoms with Gasteiger partial charge in [-0.3, -0.25) is 0 Å². The summed E-state index contributed by atoms with van der Waals surface area (Å²) in [6.45, 7) is 1.76. The molecule has 5 heteroatoms. The Hall–Kier alpha value is -1.65. The maximum atomic E-state index is 13.0. The van der Waals surface area contributed by atoms with E-state index in [4.69, 9.17) is 34.3 Å². The summed E-state index contributed by atoms with van der Waals surface area (Å²) in [4.78, 5) is 0.192. The van der Waals surface area contributed by atoms with Gasteiger partial charge >= 0.3 is 0 Å². The van der Waals surface area contributed by atoms with Crippen LogP contribution in [0.2, 0.25) is 5.02 Å². The number of rotatable bonds is 3. The highest BCUT2D eigenvalue weighted by Crippen LogP contribution is 2.30. The zero-order chi connectivity index (χ0) is 14.0. The van der Waals surface area contributed by atoms with Crippen LogP contribution in [-0.2, 0) is 0 Å². The summed E-state index contributed by atoms with van der Waals surface area (Å²) in [6.07, 6.45) is 0. The molecule has 2 aromatic rings. The van der Waals surface area contributed by atoms with Gasteiger partial charge in [0, 0.05) is 5.02 Å². The predicted molar refractivity (Wildman–Crippen MR) is 78.6 cm³/mol. The Bertz CT molecular complexity index is 645. The molecule has 0 radical (unpaired) electrons. The normalized spacial score (nSPS) is 10.3. The van der Waals surface area contributed by atoms with Gasteiger partial charge in [-0.15, -0.1) is 0 Å². The highest BCUT2D eigenvalue weighted by atomic mass is 35.5. The molecule has 0 saturated carbocycles. The molecule has 0 fully saturated rings. The van der Waals surface area contributed by atoms with Gasteiger partial charge in [0.2, 0.25) is 0 Å². The van der Waals surface area contributed by atoms with Crippen molar-refractivity contribution in [2.45, 2.75) is 6.92 Å². The summed E-state index contributed by atoms with van der Waals surface area (Å²) in [6, 6.07) is 9.28. The van der Waals surface area contributed by atoms with E-state index in [2.05, 4.69) is 0 Å². The van der Waals surface area contributed by atoms with E-state index in [1.54, 1.807) is 31.2 Å². The Labute approximate surface area is 120 Å². The Kier molecular flexibility index (Phi) is 4.02. The van der Waals surface area contributed by atoms with Gasteiger partial charge in [0.05, 0.1) is 5.56 Å². The fraction of sp³-hybridized carbons (Fsp3) is 0.0714. The van der Waals surface area contributed by atoms with Crippen LogP contribution >= 0.6 is 23.8 Å². The molecule has 0 bridgehead atoms. The number of ether oxygens (including phenoxy) is 1.